The standard InChI is InChI=1S/C29H33NO5/c1-2-18-30-29(32)28(35-22-25-16-10-5-11-17-25)27(34-21-24-14-8-4-9-15-24)26(19-31)33-20-23-12-6-3-7-13-23/h2-17,26-28,31H,1,18-22H2,(H,30,32)/t26-,27+,28-/m1/s1. The third-order valence-electron chi connectivity index (χ3n) is 5.39. The Balaban J connectivity index is 1.82. The van der Waals surface area contributed by atoms with Gasteiger partial charge in [0.15, 0.2) is 6.10 Å². The summed E-state index contributed by atoms with van der Waals surface area (Å²) in [4.78, 5) is 13.2. The van der Waals surface area contributed by atoms with Gasteiger partial charge in [-0.25, -0.2) is 0 Å². The first-order valence-electron chi connectivity index (χ1n) is 11.7. The molecule has 0 aliphatic carbocycles. The van der Waals surface area contributed by atoms with E-state index >= 15 is 0 Å². The fourth-order valence-corrected chi connectivity index (χ4v) is 3.54. The zero-order chi connectivity index (χ0) is 24.7. The quantitative estimate of drug-likeness (QED) is 0.325. The molecule has 0 saturated carbocycles. The van der Waals surface area contributed by atoms with Gasteiger partial charge in [0.05, 0.1) is 26.4 Å². The SMILES string of the molecule is C=CCNC(=O)[C@H](OCc1ccccc1)[C@@H](OCc1ccccc1)[C@@H](CO)OCc1ccccc1. The number of hydrogen-bond acceptors (Lipinski definition) is 5. The number of ether oxygens (including phenoxy) is 3. The van der Waals surface area contributed by atoms with Gasteiger partial charge < -0.3 is 24.6 Å². The van der Waals surface area contributed by atoms with Gasteiger partial charge in [-0.15, -0.1) is 6.58 Å². The largest absolute Gasteiger partial charge is 0.394 e. The van der Waals surface area contributed by atoms with Crippen molar-refractivity contribution in [3.63, 3.8) is 0 Å². The molecule has 3 aromatic carbocycles. The lowest BCUT2D eigenvalue weighted by atomic mass is 10.1. The average molecular weight is 476 g/mol. The molecule has 3 atom stereocenters. The van der Waals surface area contributed by atoms with Crippen molar-refractivity contribution in [1.29, 1.82) is 0 Å². The van der Waals surface area contributed by atoms with Gasteiger partial charge in [-0.05, 0) is 16.7 Å². The summed E-state index contributed by atoms with van der Waals surface area (Å²) in [6.07, 6.45) is -1.08. The van der Waals surface area contributed by atoms with E-state index in [2.05, 4.69) is 11.9 Å². The lowest BCUT2D eigenvalue weighted by molar-refractivity contribution is -0.174. The number of carbonyl (C=O) groups excluding carboxylic acids is 1. The Bertz CT molecular complexity index is 997. The number of amides is 1. The van der Waals surface area contributed by atoms with Crippen molar-refractivity contribution in [1.82, 2.24) is 5.32 Å². The zero-order valence-electron chi connectivity index (χ0n) is 19.8. The maximum Gasteiger partial charge on any atom is 0.252 e. The lowest BCUT2D eigenvalue weighted by Crippen LogP contribution is -2.52. The van der Waals surface area contributed by atoms with Crippen molar-refractivity contribution in [3.8, 4) is 0 Å². The van der Waals surface area contributed by atoms with Gasteiger partial charge in [0.1, 0.15) is 12.2 Å². The predicted octanol–water partition coefficient (Wildman–Crippen LogP) is 4.04. The molecule has 0 radical (unpaired) electrons. The summed E-state index contributed by atoms with van der Waals surface area (Å²) < 4.78 is 18.4. The Kier molecular flexibility index (Phi) is 11.2. The first kappa shape index (κ1) is 26.3. The van der Waals surface area contributed by atoms with E-state index in [0.717, 1.165) is 16.7 Å². The molecule has 2 N–H and O–H groups in total. The Hall–Kier alpha value is -3.29. The summed E-state index contributed by atoms with van der Waals surface area (Å²) >= 11 is 0. The van der Waals surface area contributed by atoms with E-state index in [1.807, 2.05) is 91.0 Å². The highest BCUT2D eigenvalue weighted by Gasteiger charge is 2.37. The van der Waals surface area contributed by atoms with Gasteiger partial charge in [-0.2, -0.15) is 0 Å². The van der Waals surface area contributed by atoms with E-state index in [1.54, 1.807) is 6.08 Å². The predicted molar refractivity (Wildman–Crippen MR) is 135 cm³/mol. The summed E-state index contributed by atoms with van der Waals surface area (Å²) in [7, 11) is 0. The van der Waals surface area contributed by atoms with E-state index in [-0.39, 0.29) is 38.9 Å². The molecule has 6 nitrogen and oxygen atoms in total. The highest BCUT2D eigenvalue weighted by molar-refractivity contribution is 5.81. The van der Waals surface area contributed by atoms with Crippen LogP contribution in [0.5, 0.6) is 0 Å². The Morgan fingerprint density at radius 3 is 1.69 bits per heavy atom. The smallest absolute Gasteiger partial charge is 0.252 e. The number of rotatable bonds is 15. The van der Waals surface area contributed by atoms with Gasteiger partial charge >= 0.3 is 0 Å². The molecule has 0 saturated heterocycles. The first-order valence-corrected chi connectivity index (χ1v) is 11.7. The molecule has 1 amide bonds. The second-order valence-corrected chi connectivity index (χ2v) is 8.03. The second kappa shape index (κ2) is 14.9. The highest BCUT2D eigenvalue weighted by atomic mass is 16.6. The molecule has 0 spiro atoms. The fraction of sp³-hybridized carbons (Fsp3) is 0.276. The summed E-state index contributed by atoms with van der Waals surface area (Å²) in [5.74, 6) is -0.361. The van der Waals surface area contributed by atoms with Crippen molar-refractivity contribution in [2.45, 2.75) is 38.1 Å². The van der Waals surface area contributed by atoms with Gasteiger partial charge in [0, 0.05) is 6.54 Å². The van der Waals surface area contributed by atoms with Crippen LogP contribution in [0.2, 0.25) is 0 Å². The van der Waals surface area contributed by atoms with Crippen LogP contribution in [-0.4, -0.2) is 42.5 Å². The molecule has 6 heteroatoms. The highest BCUT2D eigenvalue weighted by Crippen LogP contribution is 2.19. The first-order chi connectivity index (χ1) is 17.2. The molecule has 3 aromatic rings. The Labute approximate surface area is 207 Å². The number of aliphatic hydroxyl groups is 1. The molecule has 0 fully saturated rings. The van der Waals surface area contributed by atoms with E-state index in [0.29, 0.717) is 0 Å². The minimum absolute atomic E-state index is 0.203. The Morgan fingerprint density at radius 2 is 1.23 bits per heavy atom. The average Bonchev–Trinajstić information content (AvgIpc) is 2.92. The van der Waals surface area contributed by atoms with Crippen molar-refractivity contribution >= 4 is 5.91 Å². The number of carbonyl (C=O) groups is 1. The maximum absolute atomic E-state index is 13.2. The molecule has 0 aliphatic heterocycles. The minimum Gasteiger partial charge on any atom is -0.394 e. The molecule has 184 valence electrons. The third kappa shape index (κ3) is 8.77. The zero-order valence-corrected chi connectivity index (χ0v) is 19.8. The van der Waals surface area contributed by atoms with Crippen LogP contribution in [0.3, 0.4) is 0 Å². The number of hydrogen-bond donors (Lipinski definition) is 2. The third-order valence-corrected chi connectivity index (χ3v) is 5.39. The second-order valence-electron chi connectivity index (χ2n) is 8.03. The normalized spacial score (nSPS) is 13.5. The van der Waals surface area contributed by atoms with Crippen LogP contribution in [0, 0.1) is 0 Å². The van der Waals surface area contributed by atoms with Crippen LogP contribution in [0.25, 0.3) is 0 Å². The van der Waals surface area contributed by atoms with Gasteiger partial charge in [-0.1, -0.05) is 97.1 Å². The Morgan fingerprint density at radius 1 is 0.771 bits per heavy atom. The van der Waals surface area contributed by atoms with Gasteiger partial charge in [0.25, 0.3) is 5.91 Å². The van der Waals surface area contributed by atoms with Crippen LogP contribution in [0.1, 0.15) is 16.7 Å². The van der Waals surface area contributed by atoms with Crippen molar-refractivity contribution in [2.24, 2.45) is 0 Å². The van der Waals surface area contributed by atoms with Crippen molar-refractivity contribution in [2.75, 3.05) is 13.2 Å². The summed E-state index contributed by atoms with van der Waals surface area (Å²) in [6, 6.07) is 28.9. The van der Waals surface area contributed by atoms with Gasteiger partial charge in [0.2, 0.25) is 0 Å². The minimum atomic E-state index is -1.02. The van der Waals surface area contributed by atoms with Crippen LogP contribution < -0.4 is 5.32 Å². The molecule has 3 rings (SSSR count). The molecule has 35 heavy (non-hydrogen) atoms. The van der Waals surface area contributed by atoms with E-state index in [1.165, 1.54) is 0 Å². The van der Waals surface area contributed by atoms with Crippen molar-refractivity contribution in [3.05, 3.63) is 120 Å². The van der Waals surface area contributed by atoms with E-state index < -0.39 is 18.3 Å². The van der Waals surface area contributed by atoms with Crippen molar-refractivity contribution < 1.29 is 24.1 Å². The monoisotopic (exact) mass is 475 g/mol. The summed E-state index contributed by atoms with van der Waals surface area (Å²) in [5, 5.41) is 13.1. The molecule has 0 bridgehead atoms. The number of aliphatic hydroxyl groups excluding tert-OH is 1. The van der Waals surface area contributed by atoms with Crippen LogP contribution in [0.15, 0.2) is 104 Å². The van der Waals surface area contributed by atoms with Crippen LogP contribution >= 0.6 is 0 Å². The molecule has 0 aromatic heterocycles. The molecular weight excluding hydrogens is 442 g/mol. The van der Waals surface area contributed by atoms with E-state index in [4.69, 9.17) is 14.2 Å². The van der Waals surface area contributed by atoms with Gasteiger partial charge in [-0.3, -0.25) is 4.79 Å². The number of nitrogens with one attached hydrogen (secondary N) is 1. The molecular formula is C29H33NO5. The van der Waals surface area contributed by atoms with Crippen LogP contribution in [0.4, 0.5) is 0 Å². The topological polar surface area (TPSA) is 77.0 Å². The van der Waals surface area contributed by atoms with E-state index in [9.17, 15) is 9.90 Å². The fourth-order valence-electron chi connectivity index (χ4n) is 3.54. The lowest BCUT2D eigenvalue weighted by Gasteiger charge is -2.32. The molecule has 0 heterocycles. The molecule has 0 unspecified atom stereocenters. The maximum atomic E-state index is 13.2. The van der Waals surface area contributed by atoms with Crippen LogP contribution in [-0.2, 0) is 38.8 Å². The molecule has 0 aliphatic rings. The summed E-state index contributed by atoms with van der Waals surface area (Å²) in [5.41, 5.74) is 2.80. The number of benzene rings is 3. The summed E-state index contributed by atoms with van der Waals surface area (Å²) in [6.45, 7) is 4.31.